The summed E-state index contributed by atoms with van der Waals surface area (Å²) in [5.41, 5.74) is 0.516. The van der Waals surface area contributed by atoms with E-state index in [2.05, 4.69) is 4.98 Å². The van der Waals surface area contributed by atoms with E-state index in [1.807, 2.05) is 0 Å². The molecule has 7 nitrogen and oxygen atoms in total. The number of aryl methyl sites for hydroxylation is 2. The van der Waals surface area contributed by atoms with E-state index in [1.165, 1.54) is 16.2 Å². The number of hydrogen-bond acceptors (Lipinski definition) is 5. The van der Waals surface area contributed by atoms with Crippen molar-refractivity contribution in [1.82, 2.24) is 14.5 Å². The fourth-order valence-electron chi connectivity index (χ4n) is 3.25. The van der Waals surface area contributed by atoms with Crippen LogP contribution in [-0.4, -0.2) is 44.5 Å². The van der Waals surface area contributed by atoms with Gasteiger partial charge in [-0.3, -0.25) is 19.0 Å². The van der Waals surface area contributed by atoms with Crippen LogP contribution in [0, 0.1) is 6.92 Å². The van der Waals surface area contributed by atoms with E-state index >= 15 is 0 Å². The summed E-state index contributed by atoms with van der Waals surface area (Å²) in [6, 6.07) is 0. The molecule has 0 fully saturated rings. The fraction of sp³-hybridized carbons (Fsp3) is 0.529. The third-order valence-corrected chi connectivity index (χ3v) is 5.77. The highest BCUT2D eigenvalue weighted by molar-refractivity contribution is 7.20. The molecule has 2 aromatic rings. The fourth-order valence-corrected chi connectivity index (χ4v) is 4.41. The van der Waals surface area contributed by atoms with E-state index in [4.69, 9.17) is 5.11 Å². The van der Waals surface area contributed by atoms with Gasteiger partial charge in [0.2, 0.25) is 0 Å². The van der Waals surface area contributed by atoms with Crippen molar-refractivity contribution in [2.45, 2.75) is 46.1 Å². The Hall–Kier alpha value is -2.22. The van der Waals surface area contributed by atoms with Crippen molar-refractivity contribution in [3.8, 4) is 0 Å². The summed E-state index contributed by atoms with van der Waals surface area (Å²) < 4.78 is 1.73. The number of aromatic nitrogens is 2. The second kappa shape index (κ2) is 6.95. The molecule has 2 aromatic heterocycles. The van der Waals surface area contributed by atoms with Crippen LogP contribution >= 0.6 is 11.3 Å². The summed E-state index contributed by atoms with van der Waals surface area (Å²) in [5.74, 6) is -0.628. The molecule has 0 radical (unpaired) electrons. The second-order valence-electron chi connectivity index (χ2n) is 6.24. The summed E-state index contributed by atoms with van der Waals surface area (Å²) in [6.07, 6.45) is 3.82. The smallest absolute Gasteiger partial charge is 0.323 e. The Kier molecular flexibility index (Phi) is 4.89. The number of aliphatic carboxylic acids is 1. The van der Waals surface area contributed by atoms with Gasteiger partial charge in [-0.15, -0.1) is 11.3 Å². The van der Waals surface area contributed by atoms with E-state index in [-0.39, 0.29) is 18.0 Å². The molecule has 0 aliphatic carbocycles. The lowest BCUT2D eigenvalue weighted by Gasteiger charge is -2.17. The van der Waals surface area contributed by atoms with Crippen LogP contribution in [0.15, 0.2) is 4.79 Å². The number of nitrogens with zero attached hydrogens (tertiary/aromatic N) is 3. The average Bonchev–Trinajstić information content (AvgIpc) is 2.75. The molecule has 0 atom stereocenters. The van der Waals surface area contributed by atoms with Gasteiger partial charge >= 0.3 is 5.97 Å². The number of rotatable bonds is 4. The van der Waals surface area contributed by atoms with Gasteiger partial charge in [0.1, 0.15) is 17.2 Å². The zero-order valence-corrected chi connectivity index (χ0v) is 15.2. The molecule has 0 unspecified atom stereocenters. The van der Waals surface area contributed by atoms with Crippen LogP contribution in [0.4, 0.5) is 0 Å². The van der Waals surface area contributed by atoms with Crippen molar-refractivity contribution in [2.75, 3.05) is 13.1 Å². The first-order chi connectivity index (χ1) is 11.9. The number of thiophene rings is 1. The SMILES string of the molecule is CCN(CC(=O)O)C(=O)c1sc2nc3n(c(=O)c2c1C)CCCCC3. The number of carboxylic acid groups (broad SMARTS) is 1. The summed E-state index contributed by atoms with van der Waals surface area (Å²) in [7, 11) is 0. The maximum Gasteiger partial charge on any atom is 0.323 e. The van der Waals surface area contributed by atoms with Crippen LogP contribution in [0.5, 0.6) is 0 Å². The Bertz CT molecular complexity index is 899. The lowest BCUT2D eigenvalue weighted by atomic mass is 10.2. The molecule has 0 aromatic carbocycles. The number of carbonyl (C=O) groups excluding carboxylic acids is 1. The average molecular weight is 363 g/mol. The van der Waals surface area contributed by atoms with Crippen LogP contribution in [0.2, 0.25) is 0 Å². The Morgan fingerprint density at radius 1 is 1.32 bits per heavy atom. The molecule has 134 valence electrons. The van der Waals surface area contributed by atoms with Crippen LogP contribution in [0.3, 0.4) is 0 Å². The van der Waals surface area contributed by atoms with Crippen LogP contribution in [-0.2, 0) is 17.8 Å². The monoisotopic (exact) mass is 363 g/mol. The topological polar surface area (TPSA) is 92.5 Å². The zero-order chi connectivity index (χ0) is 18.1. The number of amides is 1. The molecule has 1 N–H and O–H groups in total. The van der Waals surface area contributed by atoms with E-state index in [0.29, 0.717) is 33.7 Å². The van der Waals surface area contributed by atoms with E-state index in [0.717, 1.165) is 31.5 Å². The van der Waals surface area contributed by atoms with Gasteiger partial charge in [0.05, 0.1) is 10.3 Å². The van der Waals surface area contributed by atoms with Gasteiger partial charge in [0.15, 0.2) is 0 Å². The molecule has 1 amide bonds. The number of likely N-dealkylation sites (N-methyl/N-ethyl adjacent to an activating group) is 1. The van der Waals surface area contributed by atoms with Crippen molar-refractivity contribution in [3.63, 3.8) is 0 Å². The lowest BCUT2D eigenvalue weighted by molar-refractivity contribution is -0.137. The lowest BCUT2D eigenvalue weighted by Crippen LogP contribution is -2.35. The summed E-state index contributed by atoms with van der Waals surface area (Å²) >= 11 is 1.19. The van der Waals surface area contributed by atoms with Gasteiger partial charge < -0.3 is 10.0 Å². The highest BCUT2D eigenvalue weighted by Crippen LogP contribution is 2.29. The predicted molar refractivity (Wildman–Crippen MR) is 95.4 cm³/mol. The maximum absolute atomic E-state index is 12.9. The zero-order valence-electron chi connectivity index (χ0n) is 14.4. The molecule has 0 spiro atoms. The van der Waals surface area contributed by atoms with Crippen molar-refractivity contribution >= 4 is 33.4 Å². The Balaban J connectivity index is 2.11. The highest BCUT2D eigenvalue weighted by Gasteiger charge is 2.25. The minimum absolute atomic E-state index is 0.0871. The molecule has 0 saturated carbocycles. The van der Waals surface area contributed by atoms with Crippen molar-refractivity contribution < 1.29 is 14.7 Å². The number of hydrogen-bond donors (Lipinski definition) is 1. The first-order valence-electron chi connectivity index (χ1n) is 8.48. The van der Waals surface area contributed by atoms with E-state index in [1.54, 1.807) is 18.4 Å². The largest absolute Gasteiger partial charge is 0.480 e. The minimum Gasteiger partial charge on any atom is -0.480 e. The first kappa shape index (κ1) is 17.6. The van der Waals surface area contributed by atoms with Crippen molar-refractivity contribution in [3.05, 3.63) is 26.6 Å². The number of fused-ring (bicyclic) bond motifs is 2. The van der Waals surface area contributed by atoms with Crippen molar-refractivity contribution in [2.24, 2.45) is 0 Å². The molecule has 3 heterocycles. The molecule has 1 aliphatic rings. The Labute approximate surface area is 148 Å². The predicted octanol–water partition coefficient (Wildman–Crippen LogP) is 2.04. The standard InChI is InChI=1S/C17H21N3O4S/c1-3-19(9-12(21)22)17(24)14-10(2)13-15(25-14)18-11-7-5-4-6-8-20(11)16(13)23/h3-9H2,1-2H3,(H,21,22). The quantitative estimate of drug-likeness (QED) is 0.897. The van der Waals surface area contributed by atoms with Gasteiger partial charge in [-0.2, -0.15) is 0 Å². The third-order valence-electron chi connectivity index (χ3n) is 4.60. The molecule has 3 rings (SSSR count). The third kappa shape index (κ3) is 3.18. The van der Waals surface area contributed by atoms with Gasteiger partial charge in [0.25, 0.3) is 11.5 Å². The summed E-state index contributed by atoms with van der Waals surface area (Å²) in [6.45, 7) is 4.08. The molecular formula is C17H21N3O4S. The van der Waals surface area contributed by atoms with Crippen LogP contribution in [0.25, 0.3) is 10.2 Å². The number of carboxylic acids is 1. The van der Waals surface area contributed by atoms with Gasteiger partial charge in [-0.05, 0) is 32.3 Å². The first-order valence-corrected chi connectivity index (χ1v) is 9.29. The highest BCUT2D eigenvalue weighted by atomic mass is 32.1. The molecule has 0 bridgehead atoms. The second-order valence-corrected chi connectivity index (χ2v) is 7.24. The normalized spacial score (nSPS) is 14.2. The van der Waals surface area contributed by atoms with Gasteiger partial charge in [0, 0.05) is 19.5 Å². The summed E-state index contributed by atoms with van der Waals surface area (Å²) in [4.78, 5) is 43.5. The minimum atomic E-state index is -1.06. The summed E-state index contributed by atoms with van der Waals surface area (Å²) in [5, 5.41) is 9.47. The van der Waals surface area contributed by atoms with E-state index in [9.17, 15) is 14.4 Å². The Morgan fingerprint density at radius 2 is 2.08 bits per heavy atom. The van der Waals surface area contributed by atoms with Crippen molar-refractivity contribution in [1.29, 1.82) is 0 Å². The molecule has 1 aliphatic heterocycles. The molecule has 0 saturated heterocycles. The maximum atomic E-state index is 12.9. The molecular weight excluding hydrogens is 342 g/mol. The number of carbonyl (C=O) groups is 2. The van der Waals surface area contributed by atoms with Gasteiger partial charge in [-0.25, -0.2) is 4.98 Å². The Morgan fingerprint density at radius 3 is 2.76 bits per heavy atom. The van der Waals surface area contributed by atoms with Gasteiger partial charge in [-0.1, -0.05) is 6.42 Å². The molecule has 25 heavy (non-hydrogen) atoms. The van der Waals surface area contributed by atoms with Crippen LogP contribution in [0.1, 0.15) is 47.2 Å². The molecule has 8 heteroatoms. The van der Waals surface area contributed by atoms with E-state index < -0.39 is 5.97 Å². The van der Waals surface area contributed by atoms with Crippen LogP contribution < -0.4 is 5.56 Å².